The van der Waals surface area contributed by atoms with Crippen LogP contribution in [0.2, 0.25) is 0 Å². The monoisotopic (exact) mass is 376 g/mol. The molecule has 1 amide bonds. The SMILES string of the molecule is Cc1nc(-c2ccc(NC(=O)CSc3cc(F)ccc3F)cc2)cs1. The number of nitrogens with zero attached hydrogens (tertiary/aromatic N) is 1. The first-order valence-electron chi connectivity index (χ1n) is 7.41. The number of amides is 1. The molecule has 1 aromatic heterocycles. The van der Waals surface area contributed by atoms with Crippen LogP contribution >= 0.6 is 23.1 Å². The Morgan fingerprint density at radius 3 is 2.64 bits per heavy atom. The quantitative estimate of drug-likeness (QED) is 0.628. The van der Waals surface area contributed by atoms with Crippen LogP contribution in [0, 0.1) is 18.6 Å². The smallest absolute Gasteiger partial charge is 0.234 e. The number of thioether (sulfide) groups is 1. The Labute approximate surface area is 152 Å². The van der Waals surface area contributed by atoms with Crippen LogP contribution in [0.15, 0.2) is 52.7 Å². The Kier molecular flexibility index (Phi) is 5.45. The molecule has 0 aliphatic carbocycles. The van der Waals surface area contributed by atoms with E-state index in [4.69, 9.17) is 0 Å². The summed E-state index contributed by atoms with van der Waals surface area (Å²) >= 11 is 2.54. The van der Waals surface area contributed by atoms with Crippen LogP contribution in [-0.4, -0.2) is 16.6 Å². The van der Waals surface area contributed by atoms with Gasteiger partial charge in [-0.3, -0.25) is 4.79 Å². The molecule has 128 valence electrons. The number of carbonyl (C=O) groups is 1. The second kappa shape index (κ2) is 7.76. The molecular weight excluding hydrogens is 362 g/mol. The van der Waals surface area contributed by atoms with E-state index in [1.165, 1.54) is 0 Å². The summed E-state index contributed by atoms with van der Waals surface area (Å²) in [4.78, 5) is 16.5. The average molecular weight is 376 g/mol. The number of carbonyl (C=O) groups excluding carboxylic acids is 1. The fourth-order valence-corrected chi connectivity index (χ4v) is 3.53. The predicted molar refractivity (Wildman–Crippen MR) is 98.0 cm³/mol. The van der Waals surface area contributed by atoms with E-state index < -0.39 is 11.6 Å². The van der Waals surface area contributed by atoms with Crippen molar-refractivity contribution < 1.29 is 13.6 Å². The fourth-order valence-electron chi connectivity index (χ4n) is 2.15. The molecule has 0 aliphatic heterocycles. The number of hydrogen-bond acceptors (Lipinski definition) is 4. The van der Waals surface area contributed by atoms with Gasteiger partial charge in [-0.15, -0.1) is 23.1 Å². The standard InChI is InChI=1S/C18H14F2N2OS2/c1-11-21-16(9-24-11)12-2-5-14(6-3-12)22-18(23)10-25-17-8-13(19)4-7-15(17)20/h2-9H,10H2,1H3,(H,22,23). The highest BCUT2D eigenvalue weighted by atomic mass is 32.2. The van der Waals surface area contributed by atoms with Crippen LogP contribution in [0.4, 0.5) is 14.5 Å². The highest BCUT2D eigenvalue weighted by Crippen LogP contribution is 2.24. The summed E-state index contributed by atoms with van der Waals surface area (Å²) in [5.74, 6) is -1.36. The van der Waals surface area contributed by atoms with Gasteiger partial charge in [0.05, 0.1) is 16.5 Å². The van der Waals surface area contributed by atoms with Crippen molar-refractivity contribution in [3.63, 3.8) is 0 Å². The largest absolute Gasteiger partial charge is 0.325 e. The van der Waals surface area contributed by atoms with Crippen molar-refractivity contribution in [3.05, 3.63) is 64.5 Å². The second-order valence-corrected chi connectivity index (χ2v) is 7.32. The second-order valence-electron chi connectivity index (χ2n) is 5.24. The van der Waals surface area contributed by atoms with Gasteiger partial charge >= 0.3 is 0 Å². The highest BCUT2D eigenvalue weighted by Gasteiger charge is 2.09. The van der Waals surface area contributed by atoms with Gasteiger partial charge in [-0.25, -0.2) is 13.8 Å². The molecule has 0 saturated carbocycles. The van der Waals surface area contributed by atoms with Gasteiger partial charge in [0.25, 0.3) is 0 Å². The van der Waals surface area contributed by atoms with Gasteiger partial charge < -0.3 is 5.32 Å². The molecule has 3 aromatic rings. The molecule has 1 N–H and O–H groups in total. The van der Waals surface area contributed by atoms with Crippen LogP contribution in [0.1, 0.15) is 5.01 Å². The maximum atomic E-state index is 13.5. The van der Waals surface area contributed by atoms with Crippen LogP contribution in [-0.2, 0) is 4.79 Å². The van der Waals surface area contributed by atoms with Crippen molar-refractivity contribution in [2.24, 2.45) is 0 Å². The van der Waals surface area contributed by atoms with E-state index in [0.717, 1.165) is 46.2 Å². The molecule has 0 saturated heterocycles. The summed E-state index contributed by atoms with van der Waals surface area (Å²) in [5, 5.41) is 5.71. The van der Waals surface area contributed by atoms with Crippen molar-refractivity contribution in [1.82, 2.24) is 4.98 Å². The lowest BCUT2D eigenvalue weighted by Gasteiger charge is -2.07. The molecule has 3 rings (SSSR count). The lowest BCUT2D eigenvalue weighted by molar-refractivity contribution is -0.113. The number of nitrogens with one attached hydrogen (secondary N) is 1. The Hall–Kier alpha value is -2.25. The zero-order valence-corrected chi connectivity index (χ0v) is 14.9. The number of benzene rings is 2. The van der Waals surface area contributed by atoms with E-state index in [9.17, 15) is 13.6 Å². The molecule has 0 spiro atoms. The number of halogens is 2. The van der Waals surface area contributed by atoms with Gasteiger partial charge in [0.15, 0.2) is 0 Å². The highest BCUT2D eigenvalue weighted by molar-refractivity contribution is 8.00. The number of aromatic nitrogens is 1. The maximum absolute atomic E-state index is 13.5. The number of anilines is 1. The van der Waals surface area contributed by atoms with E-state index >= 15 is 0 Å². The van der Waals surface area contributed by atoms with Crippen molar-refractivity contribution in [1.29, 1.82) is 0 Å². The molecule has 0 atom stereocenters. The summed E-state index contributed by atoms with van der Waals surface area (Å²) in [6, 6.07) is 10.5. The Bertz CT molecular complexity index is 894. The van der Waals surface area contributed by atoms with Crippen molar-refractivity contribution in [2.75, 3.05) is 11.1 Å². The van der Waals surface area contributed by atoms with E-state index in [1.807, 2.05) is 24.4 Å². The zero-order valence-electron chi connectivity index (χ0n) is 13.3. The first-order valence-corrected chi connectivity index (χ1v) is 9.28. The third kappa shape index (κ3) is 4.64. The predicted octanol–water partition coefficient (Wildman–Crippen LogP) is 5.13. The van der Waals surface area contributed by atoms with Crippen LogP contribution < -0.4 is 5.32 Å². The lowest BCUT2D eigenvalue weighted by atomic mass is 10.1. The van der Waals surface area contributed by atoms with Crippen molar-refractivity contribution >= 4 is 34.7 Å². The zero-order chi connectivity index (χ0) is 17.8. The number of aryl methyl sites for hydroxylation is 1. The Balaban J connectivity index is 1.58. The molecule has 7 heteroatoms. The molecule has 0 radical (unpaired) electrons. The minimum absolute atomic E-state index is 0.00654. The van der Waals surface area contributed by atoms with Gasteiger partial charge in [-0.05, 0) is 37.3 Å². The average Bonchev–Trinajstić information content (AvgIpc) is 3.03. The Morgan fingerprint density at radius 2 is 1.96 bits per heavy atom. The van der Waals surface area contributed by atoms with Gasteiger partial charge in [-0.2, -0.15) is 0 Å². The van der Waals surface area contributed by atoms with Crippen molar-refractivity contribution in [3.8, 4) is 11.3 Å². The molecule has 1 heterocycles. The van der Waals surface area contributed by atoms with E-state index in [1.54, 1.807) is 23.5 Å². The first kappa shape index (κ1) is 17.6. The summed E-state index contributed by atoms with van der Waals surface area (Å²) < 4.78 is 26.6. The maximum Gasteiger partial charge on any atom is 0.234 e. The molecule has 0 aliphatic rings. The van der Waals surface area contributed by atoms with Gasteiger partial charge in [0.1, 0.15) is 11.6 Å². The lowest BCUT2D eigenvalue weighted by Crippen LogP contribution is -2.14. The first-order chi connectivity index (χ1) is 12.0. The molecular formula is C18H14F2N2OS2. The van der Waals surface area contributed by atoms with Gasteiger partial charge in [0.2, 0.25) is 5.91 Å². The third-order valence-electron chi connectivity index (χ3n) is 3.34. The van der Waals surface area contributed by atoms with E-state index in [0.29, 0.717) is 5.69 Å². The topological polar surface area (TPSA) is 42.0 Å². The molecule has 2 aromatic carbocycles. The van der Waals surface area contributed by atoms with Crippen LogP contribution in [0.3, 0.4) is 0 Å². The van der Waals surface area contributed by atoms with Crippen molar-refractivity contribution in [2.45, 2.75) is 11.8 Å². The minimum Gasteiger partial charge on any atom is -0.325 e. The molecule has 25 heavy (non-hydrogen) atoms. The van der Waals surface area contributed by atoms with Crippen LogP contribution in [0.25, 0.3) is 11.3 Å². The minimum atomic E-state index is -0.540. The number of thiazole rings is 1. The number of rotatable bonds is 5. The molecule has 0 bridgehead atoms. The molecule has 3 nitrogen and oxygen atoms in total. The molecule has 0 fully saturated rings. The molecule has 0 unspecified atom stereocenters. The number of hydrogen-bond donors (Lipinski definition) is 1. The summed E-state index contributed by atoms with van der Waals surface area (Å²) in [7, 11) is 0. The van der Waals surface area contributed by atoms with E-state index in [-0.39, 0.29) is 16.6 Å². The summed E-state index contributed by atoms with van der Waals surface area (Å²) in [6.07, 6.45) is 0. The summed E-state index contributed by atoms with van der Waals surface area (Å²) in [6.45, 7) is 1.95. The fraction of sp³-hybridized carbons (Fsp3) is 0.111. The summed E-state index contributed by atoms with van der Waals surface area (Å²) in [5.41, 5.74) is 2.51. The Morgan fingerprint density at radius 1 is 1.20 bits per heavy atom. The van der Waals surface area contributed by atoms with E-state index in [2.05, 4.69) is 10.3 Å². The van der Waals surface area contributed by atoms with Gasteiger partial charge in [0, 0.05) is 21.5 Å². The third-order valence-corrected chi connectivity index (χ3v) is 5.14. The van der Waals surface area contributed by atoms with Crippen LogP contribution in [0.5, 0.6) is 0 Å². The van der Waals surface area contributed by atoms with Gasteiger partial charge in [-0.1, -0.05) is 12.1 Å². The normalized spacial score (nSPS) is 10.7.